The third kappa shape index (κ3) is 1.87. The molecule has 1 spiro atoms. The number of nitrogens with zero attached hydrogens (tertiary/aromatic N) is 1. The number of aromatic amines is 1. The van der Waals surface area contributed by atoms with E-state index in [2.05, 4.69) is 23.3 Å². The standard InChI is InChI=1S/C16H17N3O3/c1-2-10-4-3-5-12-11(10)6-13(18-12)14(20)19-8-16(9-19)7-17-15(21)22-16/h3-6,18H,2,7-9H2,1H3,(H,17,21). The molecule has 2 aliphatic heterocycles. The number of fused-ring (bicyclic) bond motifs is 1. The molecule has 22 heavy (non-hydrogen) atoms. The van der Waals surface area contributed by atoms with Gasteiger partial charge in [-0.3, -0.25) is 4.79 Å². The Morgan fingerprint density at radius 2 is 2.23 bits per heavy atom. The van der Waals surface area contributed by atoms with Crippen LogP contribution in [0.15, 0.2) is 24.3 Å². The third-order valence-corrected chi connectivity index (χ3v) is 4.48. The van der Waals surface area contributed by atoms with Gasteiger partial charge in [-0.15, -0.1) is 0 Å². The van der Waals surface area contributed by atoms with E-state index in [-0.39, 0.29) is 5.91 Å². The molecule has 0 bridgehead atoms. The Morgan fingerprint density at radius 3 is 2.91 bits per heavy atom. The zero-order valence-corrected chi connectivity index (χ0v) is 12.3. The Morgan fingerprint density at radius 1 is 1.41 bits per heavy atom. The van der Waals surface area contributed by atoms with E-state index in [0.29, 0.717) is 25.3 Å². The van der Waals surface area contributed by atoms with Gasteiger partial charge in [-0.25, -0.2) is 4.79 Å². The van der Waals surface area contributed by atoms with Crippen molar-refractivity contribution < 1.29 is 14.3 Å². The molecule has 3 heterocycles. The van der Waals surface area contributed by atoms with Crippen LogP contribution in [-0.4, -0.2) is 47.1 Å². The van der Waals surface area contributed by atoms with Crippen molar-refractivity contribution in [3.63, 3.8) is 0 Å². The van der Waals surface area contributed by atoms with Crippen LogP contribution >= 0.6 is 0 Å². The number of aromatic nitrogens is 1. The maximum atomic E-state index is 12.6. The molecule has 0 radical (unpaired) electrons. The average molecular weight is 299 g/mol. The molecule has 4 rings (SSSR count). The summed E-state index contributed by atoms with van der Waals surface area (Å²) in [6, 6.07) is 7.97. The number of amides is 2. The lowest BCUT2D eigenvalue weighted by Gasteiger charge is -2.45. The second-order valence-corrected chi connectivity index (χ2v) is 6.00. The van der Waals surface area contributed by atoms with Crippen LogP contribution in [0.5, 0.6) is 0 Å². The van der Waals surface area contributed by atoms with Crippen molar-refractivity contribution in [3.8, 4) is 0 Å². The van der Waals surface area contributed by atoms with Gasteiger partial charge in [0.2, 0.25) is 0 Å². The lowest BCUT2D eigenvalue weighted by molar-refractivity contribution is -0.0577. The van der Waals surface area contributed by atoms with Gasteiger partial charge >= 0.3 is 6.09 Å². The predicted octanol–water partition coefficient (Wildman–Crippen LogP) is 1.66. The molecule has 0 atom stereocenters. The summed E-state index contributed by atoms with van der Waals surface area (Å²) in [5.41, 5.74) is 2.27. The summed E-state index contributed by atoms with van der Waals surface area (Å²) in [6.45, 7) is 3.47. The van der Waals surface area contributed by atoms with Gasteiger partial charge in [-0.1, -0.05) is 19.1 Å². The molecule has 6 heteroatoms. The summed E-state index contributed by atoms with van der Waals surface area (Å²) >= 11 is 0. The topological polar surface area (TPSA) is 74.4 Å². The monoisotopic (exact) mass is 299 g/mol. The zero-order chi connectivity index (χ0) is 15.3. The van der Waals surface area contributed by atoms with Gasteiger partial charge < -0.3 is 19.9 Å². The first-order valence-corrected chi connectivity index (χ1v) is 7.47. The van der Waals surface area contributed by atoms with Gasteiger partial charge in [0.25, 0.3) is 5.91 Å². The highest BCUT2D eigenvalue weighted by atomic mass is 16.6. The number of carbonyl (C=O) groups is 2. The number of nitrogens with one attached hydrogen (secondary N) is 2. The molecule has 1 aromatic carbocycles. The number of H-pyrrole nitrogens is 1. The zero-order valence-electron chi connectivity index (χ0n) is 12.3. The molecular weight excluding hydrogens is 282 g/mol. The van der Waals surface area contributed by atoms with Crippen LogP contribution in [0.2, 0.25) is 0 Å². The van der Waals surface area contributed by atoms with Crippen molar-refractivity contribution in [2.45, 2.75) is 18.9 Å². The number of likely N-dealkylation sites (tertiary alicyclic amines) is 1. The Hall–Kier alpha value is -2.50. The Bertz CT molecular complexity index is 774. The van der Waals surface area contributed by atoms with Crippen LogP contribution in [-0.2, 0) is 11.2 Å². The number of hydrogen-bond acceptors (Lipinski definition) is 3. The summed E-state index contributed by atoms with van der Waals surface area (Å²) in [7, 11) is 0. The Kier molecular flexibility index (Phi) is 2.69. The number of rotatable bonds is 2. The molecule has 2 aromatic rings. The van der Waals surface area contributed by atoms with Crippen LogP contribution < -0.4 is 5.32 Å². The second-order valence-electron chi connectivity index (χ2n) is 6.00. The summed E-state index contributed by atoms with van der Waals surface area (Å²) < 4.78 is 5.24. The maximum Gasteiger partial charge on any atom is 0.408 e. The van der Waals surface area contributed by atoms with Crippen LogP contribution in [0.25, 0.3) is 10.9 Å². The Balaban J connectivity index is 1.56. The molecule has 2 saturated heterocycles. The first-order valence-electron chi connectivity index (χ1n) is 7.47. The number of ether oxygens (including phenoxy) is 1. The molecule has 2 N–H and O–H groups in total. The molecule has 2 fully saturated rings. The highest BCUT2D eigenvalue weighted by Crippen LogP contribution is 2.30. The first-order chi connectivity index (χ1) is 10.6. The summed E-state index contributed by atoms with van der Waals surface area (Å²) in [5, 5.41) is 3.74. The highest BCUT2D eigenvalue weighted by molar-refractivity contribution is 5.99. The number of hydrogen-bond donors (Lipinski definition) is 2. The lowest BCUT2D eigenvalue weighted by atomic mass is 9.94. The molecule has 0 saturated carbocycles. The fourth-order valence-corrected chi connectivity index (χ4v) is 3.28. The smallest absolute Gasteiger partial charge is 0.408 e. The van der Waals surface area contributed by atoms with Crippen LogP contribution in [0.4, 0.5) is 4.79 Å². The largest absolute Gasteiger partial charge is 0.437 e. The van der Waals surface area contributed by atoms with Crippen LogP contribution in [0, 0.1) is 0 Å². The molecule has 6 nitrogen and oxygen atoms in total. The summed E-state index contributed by atoms with van der Waals surface area (Å²) in [6.07, 6.45) is 0.530. The van der Waals surface area contributed by atoms with Gasteiger partial charge in [-0.2, -0.15) is 0 Å². The van der Waals surface area contributed by atoms with E-state index in [4.69, 9.17) is 4.74 Å². The molecule has 1 aromatic heterocycles. The van der Waals surface area contributed by atoms with Crippen molar-refractivity contribution in [3.05, 3.63) is 35.5 Å². The predicted molar refractivity (Wildman–Crippen MR) is 80.8 cm³/mol. The van der Waals surface area contributed by atoms with E-state index in [0.717, 1.165) is 17.3 Å². The van der Waals surface area contributed by atoms with E-state index in [1.807, 2.05) is 18.2 Å². The lowest BCUT2D eigenvalue weighted by Crippen LogP contribution is -2.65. The van der Waals surface area contributed by atoms with E-state index >= 15 is 0 Å². The second kappa shape index (κ2) is 4.50. The Labute approximate surface area is 127 Å². The number of aryl methyl sites for hydroxylation is 1. The van der Waals surface area contributed by atoms with E-state index in [1.54, 1.807) is 4.90 Å². The van der Waals surface area contributed by atoms with Crippen molar-refractivity contribution >= 4 is 22.9 Å². The summed E-state index contributed by atoms with van der Waals surface area (Å²) in [5.74, 6) is -0.0492. The van der Waals surface area contributed by atoms with Gasteiger partial charge in [0, 0.05) is 10.9 Å². The van der Waals surface area contributed by atoms with Gasteiger partial charge in [0.1, 0.15) is 5.69 Å². The molecular formula is C16H17N3O3. The number of alkyl carbamates (subject to hydrolysis) is 1. The third-order valence-electron chi connectivity index (χ3n) is 4.48. The van der Waals surface area contributed by atoms with Gasteiger partial charge in [0.05, 0.1) is 19.6 Å². The fourth-order valence-electron chi connectivity index (χ4n) is 3.28. The van der Waals surface area contributed by atoms with Crippen molar-refractivity contribution in [1.82, 2.24) is 15.2 Å². The maximum absolute atomic E-state index is 12.6. The van der Waals surface area contributed by atoms with E-state index in [1.165, 1.54) is 5.56 Å². The molecule has 114 valence electrons. The first kappa shape index (κ1) is 13.2. The van der Waals surface area contributed by atoms with E-state index < -0.39 is 11.7 Å². The normalized spacial score (nSPS) is 19.1. The minimum Gasteiger partial charge on any atom is -0.437 e. The minimum absolute atomic E-state index is 0.0492. The van der Waals surface area contributed by atoms with Crippen LogP contribution in [0.3, 0.4) is 0 Å². The van der Waals surface area contributed by atoms with Crippen molar-refractivity contribution in [2.24, 2.45) is 0 Å². The fraction of sp³-hybridized carbons (Fsp3) is 0.375. The highest BCUT2D eigenvalue weighted by Gasteiger charge is 2.52. The summed E-state index contributed by atoms with van der Waals surface area (Å²) in [4.78, 5) is 28.6. The van der Waals surface area contributed by atoms with E-state index in [9.17, 15) is 9.59 Å². The average Bonchev–Trinajstić information content (AvgIpc) is 3.08. The van der Waals surface area contributed by atoms with Crippen LogP contribution in [0.1, 0.15) is 23.0 Å². The van der Waals surface area contributed by atoms with Crippen molar-refractivity contribution in [2.75, 3.05) is 19.6 Å². The number of benzene rings is 1. The number of carbonyl (C=O) groups excluding carboxylic acids is 2. The molecule has 2 amide bonds. The minimum atomic E-state index is -0.520. The molecule has 2 aliphatic rings. The molecule has 0 unspecified atom stereocenters. The quantitative estimate of drug-likeness (QED) is 0.885. The SMILES string of the molecule is CCc1cccc2[nH]c(C(=O)N3CC4(CNC(=O)O4)C3)cc12. The molecule has 0 aliphatic carbocycles. The van der Waals surface area contributed by atoms with Crippen molar-refractivity contribution in [1.29, 1.82) is 0 Å². The van der Waals surface area contributed by atoms with Gasteiger partial charge in [0.15, 0.2) is 5.60 Å². The van der Waals surface area contributed by atoms with Gasteiger partial charge in [-0.05, 0) is 24.1 Å².